The Kier molecular flexibility index (Phi) is 6.40. The van der Waals surface area contributed by atoms with Crippen LogP contribution in [0.4, 0.5) is 5.69 Å². The number of carbonyl (C=O) groups excluding carboxylic acids is 2. The van der Waals surface area contributed by atoms with Crippen LogP contribution in [0.2, 0.25) is 5.02 Å². The standard InChI is InChI=1S/C21H18ClN3O2S/c1-2-18-20(27)25(16-10-8-15(22)9-11-16)21(28-18)17(12-23)19(26)24-13-14-6-4-3-5-7-14/h3-11,18H,2,13H2,1H3,(H,24,26)/b21-17-. The summed E-state index contributed by atoms with van der Waals surface area (Å²) in [6.07, 6.45) is 0.599. The molecule has 0 bridgehead atoms. The number of thioether (sulfide) groups is 1. The number of hydrogen-bond donors (Lipinski definition) is 1. The zero-order valence-corrected chi connectivity index (χ0v) is 16.8. The minimum absolute atomic E-state index is 0.0693. The van der Waals surface area contributed by atoms with Gasteiger partial charge in [-0.15, -0.1) is 0 Å². The van der Waals surface area contributed by atoms with Crippen LogP contribution in [0, 0.1) is 11.3 Å². The lowest BCUT2D eigenvalue weighted by Gasteiger charge is -2.18. The Bertz CT molecular complexity index is 952. The molecule has 1 unspecified atom stereocenters. The van der Waals surface area contributed by atoms with Gasteiger partial charge in [-0.2, -0.15) is 5.26 Å². The average molecular weight is 412 g/mol. The molecule has 142 valence electrons. The van der Waals surface area contributed by atoms with Crippen LogP contribution >= 0.6 is 23.4 Å². The molecule has 1 aliphatic rings. The Morgan fingerprint density at radius 3 is 2.50 bits per heavy atom. The van der Waals surface area contributed by atoms with E-state index in [2.05, 4.69) is 5.32 Å². The monoisotopic (exact) mass is 411 g/mol. The number of anilines is 1. The maximum atomic E-state index is 12.9. The smallest absolute Gasteiger partial charge is 0.264 e. The Labute approximate surface area is 173 Å². The summed E-state index contributed by atoms with van der Waals surface area (Å²) in [5.74, 6) is -0.647. The lowest BCUT2D eigenvalue weighted by Crippen LogP contribution is -2.31. The largest absolute Gasteiger partial charge is 0.347 e. The first-order chi connectivity index (χ1) is 13.5. The van der Waals surface area contributed by atoms with Crippen LogP contribution in [0.15, 0.2) is 65.2 Å². The predicted octanol–water partition coefficient (Wildman–Crippen LogP) is 4.25. The Balaban J connectivity index is 1.93. The summed E-state index contributed by atoms with van der Waals surface area (Å²) < 4.78 is 0. The summed E-state index contributed by atoms with van der Waals surface area (Å²) in [7, 11) is 0. The van der Waals surface area contributed by atoms with Crippen molar-refractivity contribution in [3.05, 3.63) is 75.8 Å². The van der Waals surface area contributed by atoms with Gasteiger partial charge < -0.3 is 5.32 Å². The summed E-state index contributed by atoms with van der Waals surface area (Å²) in [6.45, 7) is 2.20. The number of nitrogens with zero attached hydrogens (tertiary/aromatic N) is 2. The van der Waals surface area contributed by atoms with Crippen molar-refractivity contribution in [3.8, 4) is 6.07 Å². The van der Waals surface area contributed by atoms with Crippen molar-refractivity contribution in [3.63, 3.8) is 0 Å². The number of hydrogen-bond acceptors (Lipinski definition) is 4. The number of halogens is 1. The fourth-order valence-corrected chi connectivity index (χ4v) is 4.13. The van der Waals surface area contributed by atoms with E-state index in [9.17, 15) is 14.9 Å². The van der Waals surface area contributed by atoms with Gasteiger partial charge in [0.1, 0.15) is 16.7 Å². The molecular weight excluding hydrogens is 394 g/mol. The zero-order valence-electron chi connectivity index (χ0n) is 15.2. The van der Waals surface area contributed by atoms with Crippen molar-refractivity contribution >= 4 is 40.9 Å². The second-order valence-electron chi connectivity index (χ2n) is 6.13. The first-order valence-corrected chi connectivity index (χ1v) is 10.0. The Morgan fingerprint density at radius 1 is 1.21 bits per heavy atom. The van der Waals surface area contributed by atoms with Gasteiger partial charge >= 0.3 is 0 Å². The van der Waals surface area contributed by atoms with E-state index in [1.165, 1.54) is 16.7 Å². The Morgan fingerprint density at radius 2 is 1.89 bits per heavy atom. The second kappa shape index (κ2) is 8.96. The van der Waals surface area contributed by atoms with Crippen LogP contribution in [0.1, 0.15) is 18.9 Å². The molecular formula is C21H18ClN3O2S. The van der Waals surface area contributed by atoms with Gasteiger partial charge in [-0.25, -0.2) is 0 Å². The first-order valence-electron chi connectivity index (χ1n) is 8.77. The highest BCUT2D eigenvalue weighted by atomic mass is 35.5. The average Bonchev–Trinajstić information content (AvgIpc) is 3.04. The van der Waals surface area contributed by atoms with Gasteiger partial charge in [0.25, 0.3) is 5.91 Å². The van der Waals surface area contributed by atoms with Crippen LogP contribution < -0.4 is 10.2 Å². The lowest BCUT2D eigenvalue weighted by atomic mass is 10.2. The molecule has 0 radical (unpaired) electrons. The van der Waals surface area contributed by atoms with Crippen LogP contribution in [0.25, 0.3) is 0 Å². The van der Waals surface area contributed by atoms with Gasteiger partial charge in [0.15, 0.2) is 0 Å². The van der Waals surface area contributed by atoms with E-state index in [0.29, 0.717) is 28.7 Å². The summed E-state index contributed by atoms with van der Waals surface area (Å²) in [5.41, 5.74) is 1.44. The molecule has 1 fully saturated rings. The molecule has 0 spiro atoms. The lowest BCUT2D eigenvalue weighted by molar-refractivity contribution is -0.117. The summed E-state index contributed by atoms with van der Waals surface area (Å²) in [4.78, 5) is 27.0. The van der Waals surface area contributed by atoms with Gasteiger partial charge in [-0.05, 0) is 36.2 Å². The number of amides is 2. The molecule has 1 heterocycles. The number of benzene rings is 2. The molecule has 28 heavy (non-hydrogen) atoms. The summed E-state index contributed by atoms with van der Waals surface area (Å²) >= 11 is 7.20. The van der Waals surface area contributed by atoms with Crippen molar-refractivity contribution in [1.82, 2.24) is 5.32 Å². The topological polar surface area (TPSA) is 73.2 Å². The van der Waals surface area contributed by atoms with Crippen molar-refractivity contribution in [2.24, 2.45) is 0 Å². The van der Waals surface area contributed by atoms with Gasteiger partial charge in [0.2, 0.25) is 5.91 Å². The van der Waals surface area contributed by atoms with E-state index in [1.807, 2.05) is 43.3 Å². The van der Waals surface area contributed by atoms with Crippen LogP contribution in [0.5, 0.6) is 0 Å². The molecule has 3 rings (SSSR count). The quantitative estimate of drug-likeness (QED) is 0.589. The number of nitriles is 1. The number of carbonyl (C=O) groups is 2. The molecule has 0 aliphatic carbocycles. The van der Waals surface area contributed by atoms with Crippen LogP contribution in [0.3, 0.4) is 0 Å². The van der Waals surface area contributed by atoms with E-state index in [4.69, 9.17) is 11.6 Å². The first kappa shape index (κ1) is 20.0. The Hall–Kier alpha value is -2.75. The summed E-state index contributed by atoms with van der Waals surface area (Å²) in [6, 6.07) is 18.2. The van der Waals surface area contributed by atoms with Crippen LogP contribution in [-0.2, 0) is 16.1 Å². The minimum atomic E-state index is -0.502. The highest BCUT2D eigenvalue weighted by Crippen LogP contribution is 2.41. The molecule has 1 aliphatic heterocycles. The molecule has 5 nitrogen and oxygen atoms in total. The van der Waals surface area contributed by atoms with Crippen molar-refractivity contribution in [2.45, 2.75) is 25.1 Å². The molecule has 0 aromatic heterocycles. The maximum Gasteiger partial charge on any atom is 0.264 e. The third-order valence-electron chi connectivity index (χ3n) is 4.26. The van der Waals surface area contributed by atoms with Crippen molar-refractivity contribution < 1.29 is 9.59 Å². The predicted molar refractivity (Wildman–Crippen MR) is 112 cm³/mol. The highest BCUT2D eigenvalue weighted by molar-refractivity contribution is 8.05. The number of nitrogens with one attached hydrogen (secondary N) is 1. The SMILES string of the molecule is CCC1S/C(=C(/C#N)C(=O)NCc2ccccc2)N(c2ccc(Cl)cc2)C1=O. The fraction of sp³-hybridized carbons (Fsp3) is 0.190. The second-order valence-corrected chi connectivity index (χ2v) is 7.75. The molecule has 1 atom stereocenters. The molecule has 7 heteroatoms. The molecule has 2 amide bonds. The summed E-state index contributed by atoms with van der Waals surface area (Å²) in [5, 5.41) is 13.0. The van der Waals surface area contributed by atoms with E-state index < -0.39 is 5.91 Å². The molecule has 2 aromatic rings. The van der Waals surface area contributed by atoms with E-state index >= 15 is 0 Å². The fourth-order valence-electron chi connectivity index (χ4n) is 2.81. The maximum absolute atomic E-state index is 12.9. The van der Waals surface area contributed by atoms with Crippen molar-refractivity contribution in [2.75, 3.05) is 4.90 Å². The zero-order chi connectivity index (χ0) is 20.1. The van der Waals surface area contributed by atoms with Gasteiger partial charge in [0, 0.05) is 17.3 Å². The molecule has 1 saturated heterocycles. The molecule has 0 saturated carbocycles. The molecule has 1 N–H and O–H groups in total. The van der Waals surface area contributed by atoms with E-state index in [-0.39, 0.29) is 16.7 Å². The van der Waals surface area contributed by atoms with E-state index in [0.717, 1.165) is 5.56 Å². The van der Waals surface area contributed by atoms with Crippen LogP contribution in [-0.4, -0.2) is 17.1 Å². The van der Waals surface area contributed by atoms with Gasteiger partial charge in [-0.1, -0.05) is 60.6 Å². The van der Waals surface area contributed by atoms with E-state index in [1.54, 1.807) is 24.3 Å². The van der Waals surface area contributed by atoms with Crippen molar-refractivity contribution in [1.29, 1.82) is 5.26 Å². The number of rotatable bonds is 5. The third-order valence-corrected chi connectivity index (χ3v) is 5.94. The van der Waals surface area contributed by atoms with Gasteiger partial charge in [0.05, 0.1) is 5.25 Å². The van der Waals surface area contributed by atoms with Gasteiger partial charge in [-0.3, -0.25) is 14.5 Å². The molecule has 2 aromatic carbocycles. The minimum Gasteiger partial charge on any atom is -0.347 e. The highest BCUT2D eigenvalue weighted by Gasteiger charge is 2.39. The normalized spacial score (nSPS) is 18.0. The third kappa shape index (κ3) is 4.22.